The van der Waals surface area contributed by atoms with Gasteiger partial charge in [0.25, 0.3) is 0 Å². The third-order valence-electron chi connectivity index (χ3n) is 1.56. The van der Waals surface area contributed by atoms with E-state index >= 15 is 0 Å². The Morgan fingerprint density at radius 1 is 1.17 bits per heavy atom. The molecule has 0 aliphatic carbocycles. The molecule has 0 aliphatic heterocycles. The normalized spacial score (nSPS) is 9.58. The van der Waals surface area contributed by atoms with Gasteiger partial charge in [-0.2, -0.15) is 0 Å². The van der Waals surface area contributed by atoms with Crippen LogP contribution in [0.15, 0.2) is 0 Å². The molecule has 0 aromatic heterocycles. The quantitative estimate of drug-likeness (QED) is 0.607. The Morgan fingerprint density at radius 2 is 1.42 bits per heavy atom. The summed E-state index contributed by atoms with van der Waals surface area (Å²) < 4.78 is 8.46. The molecule has 0 aromatic rings. The third-order valence-corrected chi connectivity index (χ3v) is 8.12. The van der Waals surface area contributed by atoms with Crippen LogP contribution in [0, 0.1) is 11.8 Å². The third kappa shape index (κ3) is 22.4. The van der Waals surface area contributed by atoms with Crippen LogP contribution >= 0.6 is 8.69 Å². The standard InChI is InChI=1S/2C4H9.HO2P.Zn/c2*1-4(2)3;1-3-2;/h2*4H,1H2,2-3H3;(H,1,2);. The molecule has 1 N–H and O–H groups in total. The summed E-state index contributed by atoms with van der Waals surface area (Å²) in [6, 6.07) is 0. The summed E-state index contributed by atoms with van der Waals surface area (Å²) in [5, 5.41) is 3.18. The second-order valence-corrected chi connectivity index (χ2v) is 7.87. The number of hydrogen-bond donors (Lipinski definition) is 1. The summed E-state index contributed by atoms with van der Waals surface area (Å²) in [5.74, 6) is 1.95. The zero-order valence-corrected chi connectivity index (χ0v) is 12.4. The Labute approximate surface area is 85.0 Å². The van der Waals surface area contributed by atoms with E-state index in [0.29, 0.717) is 0 Å². The van der Waals surface area contributed by atoms with Gasteiger partial charge in [-0.05, 0) is 0 Å². The predicted molar refractivity (Wildman–Crippen MR) is 49.1 cm³/mol. The Bertz CT molecular complexity index is 89.1. The minimum Gasteiger partial charge on any atom is -0.310 e. The van der Waals surface area contributed by atoms with E-state index in [0.717, 1.165) is 11.8 Å². The van der Waals surface area contributed by atoms with Gasteiger partial charge < -0.3 is 4.89 Å². The molecule has 0 rings (SSSR count). The van der Waals surface area contributed by atoms with E-state index < -0.39 is 8.69 Å². The minimum absolute atomic E-state index is 0.0671. The van der Waals surface area contributed by atoms with Crippen LogP contribution in [-0.4, -0.2) is 4.89 Å². The number of hydrogen-bond acceptors (Lipinski definition) is 1. The van der Waals surface area contributed by atoms with Crippen molar-refractivity contribution in [1.29, 1.82) is 0 Å². The molecule has 70 valence electrons. The minimum atomic E-state index is -0.833. The average molecular weight is 244 g/mol. The van der Waals surface area contributed by atoms with Crippen molar-refractivity contribution < 1.29 is 26.6 Å². The van der Waals surface area contributed by atoms with Gasteiger partial charge in [0.2, 0.25) is 0 Å². The summed E-state index contributed by atoms with van der Waals surface area (Å²) in [6.07, 6.45) is 0. The zero-order chi connectivity index (χ0) is 9.98. The molecule has 12 heavy (non-hydrogen) atoms. The Morgan fingerprint density at radius 3 is 1.58 bits per heavy atom. The second kappa shape index (κ2) is 11.7. The maximum atomic E-state index is 8.46. The van der Waals surface area contributed by atoms with Crippen LogP contribution < -0.4 is 0 Å². The van der Waals surface area contributed by atoms with E-state index in [1.165, 1.54) is 0 Å². The van der Waals surface area contributed by atoms with Crippen molar-refractivity contribution in [3.8, 4) is 0 Å². The van der Waals surface area contributed by atoms with Gasteiger partial charge in [-0.3, -0.25) is 0 Å². The molecule has 0 amide bonds. The number of rotatable bonds is 4. The first-order valence-electron chi connectivity index (χ1n) is 4.51. The average Bonchev–Trinajstić information content (AvgIpc) is 1.87. The maximum Gasteiger partial charge on any atom is 0.324 e. The first kappa shape index (κ1) is 15.2. The van der Waals surface area contributed by atoms with Crippen LogP contribution in [-0.2, 0) is 21.7 Å². The van der Waals surface area contributed by atoms with E-state index in [1.54, 1.807) is 10.0 Å². The zero-order valence-electron chi connectivity index (χ0n) is 8.58. The molecule has 0 aromatic carbocycles. The smallest absolute Gasteiger partial charge is 0.310 e. The fourth-order valence-corrected chi connectivity index (χ4v) is 4.86. The van der Waals surface area contributed by atoms with Crippen LogP contribution in [0.4, 0.5) is 0 Å². The van der Waals surface area contributed by atoms with Gasteiger partial charge in [-0.25, -0.2) is 4.57 Å². The van der Waals surface area contributed by atoms with Gasteiger partial charge in [0, 0.05) is 0 Å². The predicted octanol–water partition coefficient (Wildman–Crippen LogP) is 3.40. The molecule has 0 aliphatic rings. The van der Waals surface area contributed by atoms with Crippen molar-refractivity contribution in [2.24, 2.45) is 11.8 Å². The van der Waals surface area contributed by atoms with Gasteiger partial charge in [-0.15, -0.1) is 0 Å². The van der Waals surface area contributed by atoms with E-state index in [9.17, 15) is 0 Å². The van der Waals surface area contributed by atoms with Gasteiger partial charge in [0.05, 0.1) is 0 Å². The molecule has 0 saturated carbocycles. The van der Waals surface area contributed by atoms with Crippen LogP contribution in [0.5, 0.6) is 0 Å². The van der Waals surface area contributed by atoms with Crippen LogP contribution in [0.2, 0.25) is 10.0 Å². The first-order valence-corrected chi connectivity index (χ1v) is 9.47. The van der Waals surface area contributed by atoms with Crippen LogP contribution in [0.25, 0.3) is 0 Å². The van der Waals surface area contributed by atoms with Crippen molar-refractivity contribution in [1.82, 2.24) is 0 Å². The molecule has 4 heteroatoms. The molecule has 0 radical (unpaired) electrons. The fourth-order valence-electron chi connectivity index (χ4n) is 0.934. The van der Waals surface area contributed by atoms with Crippen LogP contribution in [0.3, 0.4) is 0 Å². The van der Waals surface area contributed by atoms with Gasteiger partial charge in [-0.1, -0.05) is 0 Å². The maximum absolute atomic E-state index is 8.46. The van der Waals surface area contributed by atoms with E-state index in [-0.39, 0.29) is 17.1 Å². The van der Waals surface area contributed by atoms with E-state index in [2.05, 4.69) is 27.7 Å². The Balaban J connectivity index is 0. The fraction of sp³-hybridized carbons (Fsp3) is 1.00. The second-order valence-electron chi connectivity index (χ2n) is 3.80. The molecule has 0 bridgehead atoms. The van der Waals surface area contributed by atoms with Crippen molar-refractivity contribution in [3.05, 3.63) is 0 Å². The van der Waals surface area contributed by atoms with Gasteiger partial charge in [0.1, 0.15) is 0 Å². The summed E-state index contributed by atoms with van der Waals surface area (Å²) in [7, 11) is -0.833. The van der Waals surface area contributed by atoms with Crippen molar-refractivity contribution >= 4 is 8.69 Å². The van der Waals surface area contributed by atoms with E-state index in [4.69, 9.17) is 9.46 Å². The SMILES string of the molecule is CC(C)[CH2][Zn][CH2]C(C)C.O=PO. The van der Waals surface area contributed by atoms with Gasteiger partial charge >= 0.3 is 75.4 Å². The van der Waals surface area contributed by atoms with Crippen molar-refractivity contribution in [2.75, 3.05) is 0 Å². The summed E-state index contributed by atoms with van der Waals surface area (Å²) in [6.45, 7) is 9.36. The molecular formula is C8H19O2PZn. The molecule has 2 nitrogen and oxygen atoms in total. The monoisotopic (exact) mass is 242 g/mol. The summed E-state index contributed by atoms with van der Waals surface area (Å²) in [5.41, 5.74) is 0. The first-order chi connectivity index (χ1) is 5.54. The van der Waals surface area contributed by atoms with Crippen molar-refractivity contribution in [3.63, 3.8) is 0 Å². The largest absolute Gasteiger partial charge is 0.324 e. The molecular weight excluding hydrogens is 224 g/mol. The molecule has 0 saturated heterocycles. The van der Waals surface area contributed by atoms with E-state index in [1.807, 2.05) is 0 Å². The molecule has 0 fully saturated rings. The topological polar surface area (TPSA) is 37.3 Å². The van der Waals surface area contributed by atoms with Gasteiger partial charge in [0.15, 0.2) is 0 Å². The summed E-state index contributed by atoms with van der Waals surface area (Å²) in [4.78, 5) is 6.99. The molecule has 0 unspecified atom stereocenters. The molecule has 0 atom stereocenters. The Kier molecular flexibility index (Phi) is 14.8. The molecule has 0 spiro atoms. The Hall–Kier alpha value is 0.683. The summed E-state index contributed by atoms with van der Waals surface area (Å²) >= 11 is -0.0671. The van der Waals surface area contributed by atoms with Crippen molar-refractivity contribution in [2.45, 2.75) is 37.7 Å². The molecule has 0 heterocycles. The van der Waals surface area contributed by atoms with Crippen LogP contribution in [0.1, 0.15) is 27.7 Å².